The van der Waals surface area contributed by atoms with E-state index in [2.05, 4.69) is 64.4 Å². The molecule has 1 aliphatic carbocycles. The molecule has 0 radical (unpaired) electrons. The lowest BCUT2D eigenvalue weighted by Crippen LogP contribution is -2.56. The molecule has 1 saturated heterocycles. The number of benzene rings is 2. The summed E-state index contributed by atoms with van der Waals surface area (Å²) in [6.45, 7) is 2.94. The van der Waals surface area contributed by atoms with E-state index in [0.29, 0.717) is 18.4 Å². The van der Waals surface area contributed by atoms with Gasteiger partial charge in [0.15, 0.2) is 0 Å². The summed E-state index contributed by atoms with van der Waals surface area (Å²) in [4.78, 5) is 19.0. The van der Waals surface area contributed by atoms with Crippen LogP contribution in [0.4, 0.5) is 0 Å². The second kappa shape index (κ2) is 8.94. The quantitative estimate of drug-likeness (QED) is 0.676. The maximum absolute atomic E-state index is 13.0. The number of rotatable bonds is 7. The predicted octanol–water partition coefficient (Wildman–Crippen LogP) is 4.09. The molecule has 3 nitrogen and oxygen atoms in total. The number of piperazine rings is 1. The van der Waals surface area contributed by atoms with Crippen LogP contribution in [0.3, 0.4) is 0 Å². The maximum Gasteiger partial charge on any atom is 0.223 e. The summed E-state index contributed by atoms with van der Waals surface area (Å²) in [6, 6.07) is 22.1. The number of carbonyl (C=O) groups excluding carboxylic acids is 1. The van der Waals surface area contributed by atoms with Gasteiger partial charge in [0, 0.05) is 48.8 Å². The highest BCUT2D eigenvalue weighted by Crippen LogP contribution is 2.30. The highest BCUT2D eigenvalue weighted by Gasteiger charge is 2.36. The van der Waals surface area contributed by atoms with Gasteiger partial charge in [0.25, 0.3) is 0 Å². The first-order chi connectivity index (χ1) is 13.3. The van der Waals surface area contributed by atoms with Crippen LogP contribution in [0, 0.1) is 0 Å². The van der Waals surface area contributed by atoms with E-state index in [9.17, 15) is 4.79 Å². The average Bonchev–Trinajstić information content (AvgIpc) is 3.55. The standard InChI is InChI=1S/C23H28N2OS/c26-23(13-16-27-22-9-5-2-6-10-22)25-15-14-24(20-11-12-20)18-21(25)17-19-7-3-1-4-8-19/h1-10,20-21H,11-18H2. The van der Waals surface area contributed by atoms with E-state index in [4.69, 9.17) is 0 Å². The Hall–Kier alpha value is -1.78. The van der Waals surface area contributed by atoms with Crippen LogP contribution in [-0.2, 0) is 11.2 Å². The van der Waals surface area contributed by atoms with Gasteiger partial charge in [0.05, 0.1) is 0 Å². The number of hydrogen-bond donors (Lipinski definition) is 0. The summed E-state index contributed by atoms with van der Waals surface area (Å²) in [6.07, 6.45) is 4.25. The molecule has 4 rings (SSSR count). The number of thioether (sulfide) groups is 1. The second-order valence-electron chi connectivity index (χ2n) is 7.57. The van der Waals surface area contributed by atoms with Crippen LogP contribution in [0.2, 0.25) is 0 Å². The Labute approximate surface area is 166 Å². The van der Waals surface area contributed by atoms with Gasteiger partial charge in [-0.3, -0.25) is 9.69 Å². The van der Waals surface area contributed by atoms with Gasteiger partial charge < -0.3 is 4.90 Å². The highest BCUT2D eigenvalue weighted by molar-refractivity contribution is 7.99. The number of carbonyl (C=O) groups is 1. The van der Waals surface area contributed by atoms with Crippen molar-refractivity contribution >= 4 is 17.7 Å². The average molecular weight is 381 g/mol. The first-order valence-electron chi connectivity index (χ1n) is 10.0. The third-order valence-electron chi connectivity index (χ3n) is 5.54. The van der Waals surface area contributed by atoms with Crippen molar-refractivity contribution in [2.75, 3.05) is 25.4 Å². The highest BCUT2D eigenvalue weighted by atomic mass is 32.2. The van der Waals surface area contributed by atoms with Gasteiger partial charge >= 0.3 is 0 Å². The lowest BCUT2D eigenvalue weighted by atomic mass is 10.0. The van der Waals surface area contributed by atoms with Crippen LogP contribution < -0.4 is 0 Å². The Morgan fingerprint density at radius 3 is 2.37 bits per heavy atom. The molecule has 1 saturated carbocycles. The van der Waals surface area contributed by atoms with Gasteiger partial charge in [-0.15, -0.1) is 11.8 Å². The van der Waals surface area contributed by atoms with E-state index in [0.717, 1.165) is 37.8 Å². The topological polar surface area (TPSA) is 23.6 Å². The molecular weight excluding hydrogens is 352 g/mol. The summed E-state index contributed by atoms with van der Waals surface area (Å²) < 4.78 is 0. The van der Waals surface area contributed by atoms with Crippen molar-refractivity contribution in [3.63, 3.8) is 0 Å². The van der Waals surface area contributed by atoms with E-state index in [1.165, 1.54) is 23.3 Å². The zero-order valence-electron chi connectivity index (χ0n) is 15.8. The molecule has 142 valence electrons. The molecule has 0 spiro atoms. The Morgan fingerprint density at radius 1 is 0.963 bits per heavy atom. The van der Waals surface area contributed by atoms with Crippen LogP contribution in [0.1, 0.15) is 24.8 Å². The normalized spacial score (nSPS) is 20.6. The van der Waals surface area contributed by atoms with Crippen LogP contribution >= 0.6 is 11.8 Å². The van der Waals surface area contributed by atoms with Crippen LogP contribution in [0.25, 0.3) is 0 Å². The zero-order chi connectivity index (χ0) is 18.5. The van der Waals surface area contributed by atoms with Gasteiger partial charge in [-0.1, -0.05) is 48.5 Å². The van der Waals surface area contributed by atoms with E-state index in [-0.39, 0.29) is 0 Å². The largest absolute Gasteiger partial charge is 0.337 e. The maximum atomic E-state index is 13.0. The molecule has 2 aromatic carbocycles. The molecule has 2 fully saturated rings. The van der Waals surface area contributed by atoms with Crippen molar-refractivity contribution in [2.24, 2.45) is 0 Å². The molecule has 4 heteroatoms. The zero-order valence-corrected chi connectivity index (χ0v) is 16.6. The second-order valence-corrected chi connectivity index (χ2v) is 8.74. The molecular formula is C23H28N2OS. The Balaban J connectivity index is 1.36. The van der Waals surface area contributed by atoms with Crippen LogP contribution in [0.5, 0.6) is 0 Å². The lowest BCUT2D eigenvalue weighted by Gasteiger charge is -2.42. The minimum atomic E-state index is 0.302. The fourth-order valence-corrected chi connectivity index (χ4v) is 4.82. The van der Waals surface area contributed by atoms with Crippen molar-refractivity contribution in [3.8, 4) is 0 Å². The van der Waals surface area contributed by atoms with Crippen molar-refractivity contribution < 1.29 is 4.79 Å². The summed E-state index contributed by atoms with van der Waals surface area (Å²) in [7, 11) is 0. The van der Waals surface area contributed by atoms with Gasteiger partial charge in [0.1, 0.15) is 0 Å². The Bertz CT molecular complexity index is 733. The number of hydrogen-bond acceptors (Lipinski definition) is 3. The third kappa shape index (κ3) is 5.14. The fraction of sp³-hybridized carbons (Fsp3) is 0.435. The van der Waals surface area contributed by atoms with Gasteiger partial charge in [0.2, 0.25) is 5.91 Å². The summed E-state index contributed by atoms with van der Waals surface area (Å²) in [5.41, 5.74) is 1.33. The van der Waals surface area contributed by atoms with Gasteiger partial charge in [-0.05, 0) is 37.0 Å². The minimum absolute atomic E-state index is 0.302. The van der Waals surface area contributed by atoms with E-state index < -0.39 is 0 Å². The number of amides is 1. The van der Waals surface area contributed by atoms with Crippen molar-refractivity contribution in [1.29, 1.82) is 0 Å². The SMILES string of the molecule is O=C(CCSc1ccccc1)N1CCN(C2CC2)CC1Cc1ccccc1. The molecule has 27 heavy (non-hydrogen) atoms. The molecule has 2 aromatic rings. The van der Waals surface area contributed by atoms with Gasteiger partial charge in [-0.25, -0.2) is 0 Å². The van der Waals surface area contributed by atoms with E-state index in [1.54, 1.807) is 11.8 Å². The first-order valence-corrected chi connectivity index (χ1v) is 11.0. The summed E-state index contributed by atoms with van der Waals surface area (Å²) >= 11 is 1.78. The molecule has 0 aromatic heterocycles. The molecule has 0 N–H and O–H groups in total. The minimum Gasteiger partial charge on any atom is -0.337 e. The molecule has 1 amide bonds. The molecule has 1 aliphatic heterocycles. The van der Waals surface area contributed by atoms with Crippen LogP contribution in [-0.4, -0.2) is 53.2 Å². The monoisotopic (exact) mass is 380 g/mol. The molecule has 1 unspecified atom stereocenters. The first kappa shape index (κ1) is 18.6. The van der Waals surface area contributed by atoms with Crippen molar-refractivity contribution in [2.45, 2.75) is 42.7 Å². The lowest BCUT2D eigenvalue weighted by molar-refractivity contribution is -0.135. The van der Waals surface area contributed by atoms with Crippen molar-refractivity contribution in [3.05, 3.63) is 66.2 Å². The smallest absolute Gasteiger partial charge is 0.223 e. The van der Waals surface area contributed by atoms with E-state index in [1.807, 2.05) is 6.07 Å². The summed E-state index contributed by atoms with van der Waals surface area (Å²) in [5, 5.41) is 0. The molecule has 2 aliphatic rings. The summed E-state index contributed by atoms with van der Waals surface area (Å²) in [5.74, 6) is 1.17. The fourth-order valence-electron chi connectivity index (χ4n) is 3.96. The van der Waals surface area contributed by atoms with Crippen molar-refractivity contribution in [1.82, 2.24) is 9.80 Å². The predicted molar refractivity (Wildman–Crippen MR) is 112 cm³/mol. The molecule has 1 heterocycles. The molecule has 0 bridgehead atoms. The third-order valence-corrected chi connectivity index (χ3v) is 6.55. The molecule has 1 atom stereocenters. The number of nitrogens with zero attached hydrogens (tertiary/aromatic N) is 2. The Morgan fingerprint density at radius 2 is 1.67 bits per heavy atom. The van der Waals surface area contributed by atoms with Gasteiger partial charge in [-0.2, -0.15) is 0 Å². The van der Waals surface area contributed by atoms with E-state index >= 15 is 0 Å². The van der Waals surface area contributed by atoms with Crippen LogP contribution in [0.15, 0.2) is 65.6 Å². The Kier molecular flexibility index (Phi) is 6.15.